The molecule has 0 unspecified atom stereocenters. The molecule has 2 atom stereocenters. The average Bonchev–Trinajstić information content (AvgIpc) is 2.63. The molecule has 2 heterocycles. The van der Waals surface area contributed by atoms with Crippen LogP contribution >= 0.6 is 0 Å². The SMILES string of the molecule is Cn1nc(C(=O)N2CCO[C@H]3CCCC[C@H]32)c2ccccc2c1=O. The molecule has 4 rings (SSSR count). The average molecular weight is 327 g/mol. The van der Waals surface area contributed by atoms with Crippen LogP contribution in [0.4, 0.5) is 0 Å². The van der Waals surface area contributed by atoms with Gasteiger partial charge in [0.2, 0.25) is 0 Å². The highest BCUT2D eigenvalue weighted by Crippen LogP contribution is 2.30. The largest absolute Gasteiger partial charge is 0.374 e. The minimum Gasteiger partial charge on any atom is -0.374 e. The number of carbonyl (C=O) groups excluding carboxylic acids is 1. The van der Waals surface area contributed by atoms with Gasteiger partial charge in [-0.3, -0.25) is 9.59 Å². The Morgan fingerprint density at radius 2 is 1.96 bits per heavy atom. The lowest BCUT2D eigenvalue weighted by atomic mass is 9.90. The van der Waals surface area contributed by atoms with Gasteiger partial charge >= 0.3 is 0 Å². The Morgan fingerprint density at radius 1 is 1.21 bits per heavy atom. The maximum Gasteiger partial charge on any atom is 0.275 e. The summed E-state index contributed by atoms with van der Waals surface area (Å²) in [6, 6.07) is 7.32. The van der Waals surface area contributed by atoms with E-state index in [2.05, 4.69) is 5.10 Å². The van der Waals surface area contributed by atoms with Crippen molar-refractivity contribution in [1.82, 2.24) is 14.7 Å². The van der Waals surface area contributed by atoms with Crippen molar-refractivity contribution in [2.45, 2.75) is 37.8 Å². The summed E-state index contributed by atoms with van der Waals surface area (Å²) in [5.74, 6) is -0.0954. The molecule has 2 aromatic rings. The molecule has 1 aromatic carbocycles. The van der Waals surface area contributed by atoms with E-state index in [1.807, 2.05) is 17.0 Å². The number of aromatic nitrogens is 2. The van der Waals surface area contributed by atoms with Gasteiger partial charge < -0.3 is 9.64 Å². The first-order valence-corrected chi connectivity index (χ1v) is 8.55. The second kappa shape index (κ2) is 6.02. The summed E-state index contributed by atoms with van der Waals surface area (Å²) in [7, 11) is 1.59. The summed E-state index contributed by atoms with van der Waals surface area (Å²) in [4.78, 5) is 27.4. The maximum absolute atomic E-state index is 13.2. The Morgan fingerprint density at radius 3 is 2.79 bits per heavy atom. The summed E-state index contributed by atoms with van der Waals surface area (Å²) < 4.78 is 7.12. The Labute approximate surface area is 140 Å². The number of nitrogens with zero attached hydrogens (tertiary/aromatic N) is 3. The number of amides is 1. The van der Waals surface area contributed by atoms with Crippen LogP contribution in [0.15, 0.2) is 29.1 Å². The van der Waals surface area contributed by atoms with Gasteiger partial charge in [0.1, 0.15) is 0 Å². The number of benzene rings is 1. The summed E-state index contributed by atoms with van der Waals surface area (Å²) in [6.45, 7) is 1.15. The molecule has 2 aliphatic rings. The molecule has 1 amide bonds. The van der Waals surface area contributed by atoms with Crippen molar-refractivity contribution >= 4 is 16.7 Å². The van der Waals surface area contributed by atoms with Crippen molar-refractivity contribution in [3.05, 3.63) is 40.3 Å². The molecule has 1 saturated heterocycles. The Bertz CT molecular complexity index is 843. The van der Waals surface area contributed by atoms with Gasteiger partial charge in [0.25, 0.3) is 11.5 Å². The topological polar surface area (TPSA) is 64.4 Å². The molecule has 0 N–H and O–H groups in total. The second-order valence-electron chi connectivity index (χ2n) is 6.58. The molecule has 126 valence electrons. The van der Waals surface area contributed by atoms with Crippen LogP contribution in [0.1, 0.15) is 36.2 Å². The van der Waals surface area contributed by atoms with E-state index < -0.39 is 0 Å². The van der Waals surface area contributed by atoms with Crippen molar-refractivity contribution in [1.29, 1.82) is 0 Å². The predicted molar refractivity (Wildman–Crippen MR) is 90.0 cm³/mol. The Kier molecular flexibility index (Phi) is 3.84. The highest BCUT2D eigenvalue weighted by Gasteiger charge is 2.38. The third-order valence-corrected chi connectivity index (χ3v) is 5.15. The zero-order valence-corrected chi connectivity index (χ0v) is 13.8. The van der Waals surface area contributed by atoms with Crippen LogP contribution < -0.4 is 5.56 Å². The minimum atomic E-state index is -0.181. The summed E-state index contributed by atoms with van der Waals surface area (Å²) in [5, 5.41) is 5.45. The van der Waals surface area contributed by atoms with E-state index in [1.54, 1.807) is 19.2 Å². The van der Waals surface area contributed by atoms with Gasteiger partial charge in [-0.25, -0.2) is 4.68 Å². The highest BCUT2D eigenvalue weighted by molar-refractivity contribution is 6.04. The van der Waals surface area contributed by atoms with Crippen molar-refractivity contribution in [3.8, 4) is 0 Å². The Hall–Kier alpha value is -2.21. The van der Waals surface area contributed by atoms with E-state index in [1.165, 1.54) is 4.68 Å². The number of ether oxygens (including phenoxy) is 1. The van der Waals surface area contributed by atoms with Gasteiger partial charge in [-0.2, -0.15) is 5.10 Å². The Balaban J connectivity index is 1.78. The molecule has 0 radical (unpaired) electrons. The molecule has 1 aromatic heterocycles. The minimum absolute atomic E-state index is 0.0954. The van der Waals surface area contributed by atoms with Gasteiger partial charge in [0.05, 0.1) is 24.1 Å². The quantitative estimate of drug-likeness (QED) is 0.800. The van der Waals surface area contributed by atoms with Crippen molar-refractivity contribution in [2.75, 3.05) is 13.2 Å². The lowest BCUT2D eigenvalue weighted by Gasteiger charge is -2.43. The number of aryl methyl sites for hydroxylation is 1. The van der Waals surface area contributed by atoms with E-state index in [0.717, 1.165) is 25.7 Å². The third-order valence-electron chi connectivity index (χ3n) is 5.15. The van der Waals surface area contributed by atoms with E-state index in [9.17, 15) is 9.59 Å². The highest BCUT2D eigenvalue weighted by atomic mass is 16.5. The summed E-state index contributed by atoms with van der Waals surface area (Å²) in [6.07, 6.45) is 4.39. The standard InChI is InChI=1S/C18H21N3O3/c1-20-17(22)13-7-3-2-6-12(13)16(19-20)18(23)21-10-11-24-15-9-5-4-8-14(15)21/h2-3,6-7,14-15H,4-5,8-11H2,1H3/t14-,15+/m1/s1. The lowest BCUT2D eigenvalue weighted by molar-refractivity contribution is -0.0754. The van der Waals surface area contributed by atoms with Gasteiger partial charge in [0.15, 0.2) is 5.69 Å². The fraction of sp³-hybridized carbons (Fsp3) is 0.500. The smallest absolute Gasteiger partial charge is 0.275 e. The molecule has 6 heteroatoms. The molecule has 0 bridgehead atoms. The van der Waals surface area contributed by atoms with Crippen LogP contribution in [0.25, 0.3) is 10.8 Å². The second-order valence-corrected chi connectivity index (χ2v) is 6.58. The molecule has 6 nitrogen and oxygen atoms in total. The van der Waals surface area contributed by atoms with Crippen LogP contribution in [0.3, 0.4) is 0 Å². The van der Waals surface area contributed by atoms with Gasteiger partial charge in [-0.15, -0.1) is 0 Å². The van der Waals surface area contributed by atoms with E-state index in [0.29, 0.717) is 29.6 Å². The van der Waals surface area contributed by atoms with Crippen LogP contribution in [-0.4, -0.2) is 45.9 Å². The van der Waals surface area contributed by atoms with Gasteiger partial charge in [-0.05, 0) is 18.9 Å². The molecular formula is C18H21N3O3. The molecular weight excluding hydrogens is 306 g/mol. The van der Waals surface area contributed by atoms with Gasteiger partial charge in [0, 0.05) is 19.0 Å². The number of hydrogen-bond donors (Lipinski definition) is 0. The monoisotopic (exact) mass is 327 g/mol. The van der Waals surface area contributed by atoms with E-state index >= 15 is 0 Å². The molecule has 0 spiro atoms. The van der Waals surface area contributed by atoms with Crippen molar-refractivity contribution < 1.29 is 9.53 Å². The van der Waals surface area contributed by atoms with Crippen LogP contribution in [0.2, 0.25) is 0 Å². The van der Waals surface area contributed by atoms with E-state index in [4.69, 9.17) is 4.74 Å². The predicted octanol–water partition coefficient (Wildman–Crippen LogP) is 1.72. The normalized spacial score (nSPS) is 24.0. The summed E-state index contributed by atoms with van der Waals surface area (Å²) >= 11 is 0. The van der Waals surface area contributed by atoms with Crippen molar-refractivity contribution in [2.24, 2.45) is 7.05 Å². The van der Waals surface area contributed by atoms with Crippen LogP contribution in [0.5, 0.6) is 0 Å². The van der Waals surface area contributed by atoms with Crippen LogP contribution in [-0.2, 0) is 11.8 Å². The zero-order chi connectivity index (χ0) is 16.7. The van der Waals surface area contributed by atoms with E-state index in [-0.39, 0.29) is 23.6 Å². The summed E-state index contributed by atoms with van der Waals surface area (Å²) in [5.41, 5.74) is 0.179. The fourth-order valence-electron chi connectivity index (χ4n) is 3.94. The number of fused-ring (bicyclic) bond motifs is 2. The fourth-order valence-corrected chi connectivity index (χ4v) is 3.94. The van der Waals surface area contributed by atoms with Crippen molar-refractivity contribution in [3.63, 3.8) is 0 Å². The van der Waals surface area contributed by atoms with Gasteiger partial charge in [-0.1, -0.05) is 31.0 Å². The number of morpholine rings is 1. The first-order chi connectivity index (χ1) is 11.7. The lowest BCUT2D eigenvalue weighted by Crippen LogP contribution is -2.55. The first-order valence-electron chi connectivity index (χ1n) is 8.55. The van der Waals surface area contributed by atoms with Crippen LogP contribution in [0, 0.1) is 0 Å². The first kappa shape index (κ1) is 15.3. The molecule has 24 heavy (non-hydrogen) atoms. The molecule has 1 saturated carbocycles. The molecule has 1 aliphatic carbocycles. The molecule has 1 aliphatic heterocycles. The number of carbonyl (C=O) groups is 1. The number of hydrogen-bond acceptors (Lipinski definition) is 4. The molecule has 2 fully saturated rings. The zero-order valence-electron chi connectivity index (χ0n) is 13.8. The number of rotatable bonds is 1. The maximum atomic E-state index is 13.2. The third kappa shape index (κ3) is 2.41.